The van der Waals surface area contributed by atoms with Gasteiger partial charge in [0.05, 0.1) is 10.4 Å². The van der Waals surface area contributed by atoms with Crippen LogP contribution in [0.2, 0.25) is 0 Å². The molecule has 4 rings (SSSR count). The highest BCUT2D eigenvalue weighted by molar-refractivity contribution is 7.13. The van der Waals surface area contributed by atoms with Crippen molar-refractivity contribution in [2.75, 3.05) is 13.1 Å². The van der Waals surface area contributed by atoms with E-state index in [1.54, 1.807) is 18.1 Å². The molecule has 0 radical (unpaired) electrons. The summed E-state index contributed by atoms with van der Waals surface area (Å²) in [5.74, 6) is -1.81. The van der Waals surface area contributed by atoms with Crippen LogP contribution in [0.4, 0.5) is 8.78 Å². The SMILES string of the molecule is Cc1ccc(C(=O)NC2CCN(C(=O)c3cn(C)nc3-c3ccc(F)cc3F)CC2)s1. The Bertz CT molecular complexity index is 1130. The topological polar surface area (TPSA) is 67.2 Å². The van der Waals surface area contributed by atoms with E-state index in [1.165, 1.54) is 22.1 Å². The summed E-state index contributed by atoms with van der Waals surface area (Å²) in [5.41, 5.74) is 0.539. The maximum atomic E-state index is 14.3. The standard InChI is InChI=1S/C22H22F2N4O2S/c1-13-3-6-19(31-13)21(29)25-15-7-9-28(10-8-15)22(30)17-12-27(2)26-20(17)16-5-4-14(23)11-18(16)24/h3-6,11-12,15H,7-10H2,1-2H3,(H,25,29). The number of carbonyl (C=O) groups excluding carboxylic acids is 2. The number of nitrogens with one attached hydrogen (secondary N) is 1. The van der Waals surface area contributed by atoms with Crippen molar-refractivity contribution in [1.82, 2.24) is 20.0 Å². The van der Waals surface area contributed by atoms with Crippen molar-refractivity contribution < 1.29 is 18.4 Å². The van der Waals surface area contributed by atoms with Crippen molar-refractivity contribution in [3.05, 3.63) is 63.5 Å². The number of benzene rings is 1. The van der Waals surface area contributed by atoms with Crippen molar-refractivity contribution >= 4 is 23.2 Å². The van der Waals surface area contributed by atoms with Gasteiger partial charge < -0.3 is 10.2 Å². The zero-order valence-corrected chi connectivity index (χ0v) is 18.0. The number of hydrogen-bond acceptors (Lipinski definition) is 4. The van der Waals surface area contributed by atoms with Gasteiger partial charge in [-0.3, -0.25) is 14.3 Å². The molecule has 0 unspecified atom stereocenters. The quantitative estimate of drug-likeness (QED) is 0.666. The van der Waals surface area contributed by atoms with Crippen LogP contribution >= 0.6 is 11.3 Å². The van der Waals surface area contributed by atoms with Gasteiger partial charge in [-0.1, -0.05) is 0 Å². The number of aromatic nitrogens is 2. The van der Waals surface area contributed by atoms with Gasteiger partial charge in [0.1, 0.15) is 17.3 Å². The van der Waals surface area contributed by atoms with Crippen LogP contribution in [-0.4, -0.2) is 45.6 Å². The van der Waals surface area contributed by atoms with Crippen LogP contribution in [0.15, 0.2) is 36.5 Å². The number of likely N-dealkylation sites (tertiary alicyclic amines) is 1. The van der Waals surface area contributed by atoms with Crippen LogP contribution in [0.5, 0.6) is 0 Å². The molecular formula is C22H22F2N4O2S. The Kier molecular flexibility index (Phi) is 5.86. The van der Waals surface area contributed by atoms with Crippen molar-refractivity contribution in [2.24, 2.45) is 7.05 Å². The highest BCUT2D eigenvalue weighted by Gasteiger charge is 2.28. The van der Waals surface area contributed by atoms with Gasteiger partial charge >= 0.3 is 0 Å². The first-order valence-electron chi connectivity index (χ1n) is 9.97. The van der Waals surface area contributed by atoms with Gasteiger partial charge in [-0.05, 0) is 44.0 Å². The van der Waals surface area contributed by atoms with Gasteiger partial charge in [0.15, 0.2) is 0 Å². The molecule has 2 amide bonds. The number of thiophene rings is 1. The minimum absolute atomic E-state index is 0.0122. The lowest BCUT2D eigenvalue weighted by molar-refractivity contribution is 0.0699. The second kappa shape index (κ2) is 8.58. The highest BCUT2D eigenvalue weighted by atomic mass is 32.1. The molecule has 162 valence electrons. The van der Waals surface area contributed by atoms with E-state index in [9.17, 15) is 18.4 Å². The van der Waals surface area contributed by atoms with E-state index in [1.807, 2.05) is 19.1 Å². The summed E-state index contributed by atoms with van der Waals surface area (Å²) in [6.07, 6.45) is 2.80. The molecule has 9 heteroatoms. The smallest absolute Gasteiger partial charge is 0.261 e. The number of rotatable bonds is 4. The van der Waals surface area contributed by atoms with Crippen LogP contribution in [0, 0.1) is 18.6 Å². The van der Waals surface area contributed by atoms with Crippen LogP contribution in [-0.2, 0) is 7.05 Å². The summed E-state index contributed by atoms with van der Waals surface area (Å²) >= 11 is 1.45. The van der Waals surface area contributed by atoms with Crippen molar-refractivity contribution in [2.45, 2.75) is 25.8 Å². The Hall–Kier alpha value is -3.07. The average Bonchev–Trinajstić information content (AvgIpc) is 3.34. The zero-order valence-electron chi connectivity index (χ0n) is 17.2. The fourth-order valence-electron chi connectivity index (χ4n) is 3.74. The molecule has 1 fully saturated rings. The molecule has 0 atom stereocenters. The molecule has 1 N–H and O–H groups in total. The first-order chi connectivity index (χ1) is 14.8. The van der Waals surface area contributed by atoms with E-state index >= 15 is 0 Å². The molecule has 1 aliphatic rings. The molecule has 0 spiro atoms. The normalized spacial score (nSPS) is 14.6. The highest BCUT2D eigenvalue weighted by Crippen LogP contribution is 2.27. The molecule has 6 nitrogen and oxygen atoms in total. The van der Waals surface area contributed by atoms with E-state index in [0.717, 1.165) is 17.0 Å². The molecule has 31 heavy (non-hydrogen) atoms. The van der Waals surface area contributed by atoms with Crippen molar-refractivity contribution in [3.63, 3.8) is 0 Å². The Labute approximate surface area is 182 Å². The lowest BCUT2D eigenvalue weighted by Crippen LogP contribution is -2.46. The Morgan fingerprint density at radius 2 is 1.90 bits per heavy atom. The second-order valence-electron chi connectivity index (χ2n) is 7.64. The van der Waals surface area contributed by atoms with Gasteiger partial charge in [-0.25, -0.2) is 8.78 Å². The van der Waals surface area contributed by atoms with E-state index in [4.69, 9.17) is 0 Å². The minimum atomic E-state index is -0.766. The first kappa shape index (κ1) is 21.2. The molecular weight excluding hydrogens is 422 g/mol. The summed E-state index contributed by atoms with van der Waals surface area (Å²) in [6, 6.07) is 6.93. The van der Waals surface area contributed by atoms with Crippen molar-refractivity contribution in [3.8, 4) is 11.3 Å². The maximum absolute atomic E-state index is 14.3. The second-order valence-corrected chi connectivity index (χ2v) is 8.93. The fraction of sp³-hybridized carbons (Fsp3) is 0.318. The maximum Gasteiger partial charge on any atom is 0.261 e. The predicted molar refractivity (Wildman–Crippen MR) is 114 cm³/mol. The van der Waals surface area contributed by atoms with E-state index in [-0.39, 0.29) is 34.7 Å². The fourth-order valence-corrected chi connectivity index (χ4v) is 4.51. The monoisotopic (exact) mass is 444 g/mol. The van der Waals surface area contributed by atoms with Crippen LogP contribution in [0.1, 0.15) is 37.7 Å². The number of nitrogens with zero attached hydrogens (tertiary/aromatic N) is 3. The number of carbonyl (C=O) groups is 2. The van der Waals surface area contributed by atoms with Crippen LogP contribution in [0.3, 0.4) is 0 Å². The summed E-state index contributed by atoms with van der Waals surface area (Å²) in [5, 5.41) is 7.26. The number of piperidine rings is 1. The van der Waals surface area contributed by atoms with Gasteiger partial charge in [0.25, 0.3) is 11.8 Å². The molecule has 0 aliphatic carbocycles. The Morgan fingerprint density at radius 1 is 1.16 bits per heavy atom. The molecule has 1 saturated heterocycles. The average molecular weight is 445 g/mol. The molecule has 0 saturated carbocycles. The van der Waals surface area contributed by atoms with Crippen molar-refractivity contribution in [1.29, 1.82) is 0 Å². The summed E-state index contributed by atoms with van der Waals surface area (Å²) < 4.78 is 29.0. The predicted octanol–water partition coefficient (Wildman–Crippen LogP) is 3.77. The van der Waals surface area contributed by atoms with Crippen LogP contribution < -0.4 is 5.32 Å². The molecule has 3 heterocycles. The summed E-state index contributed by atoms with van der Waals surface area (Å²) in [6.45, 7) is 2.89. The lowest BCUT2D eigenvalue weighted by Gasteiger charge is -2.32. The van der Waals surface area contributed by atoms with Crippen LogP contribution in [0.25, 0.3) is 11.3 Å². The molecule has 1 aromatic carbocycles. The number of halogens is 2. The third-order valence-corrected chi connectivity index (χ3v) is 6.33. The number of amides is 2. The molecule has 1 aliphatic heterocycles. The Morgan fingerprint density at radius 3 is 2.55 bits per heavy atom. The van der Waals surface area contributed by atoms with Gasteiger partial charge in [0.2, 0.25) is 0 Å². The summed E-state index contributed by atoms with van der Waals surface area (Å²) in [4.78, 5) is 28.9. The van der Waals surface area contributed by atoms with E-state index in [2.05, 4.69) is 10.4 Å². The van der Waals surface area contributed by atoms with Gasteiger partial charge in [-0.2, -0.15) is 5.10 Å². The molecule has 3 aromatic rings. The van der Waals surface area contributed by atoms with Gasteiger partial charge in [0, 0.05) is 48.9 Å². The molecule has 2 aromatic heterocycles. The summed E-state index contributed by atoms with van der Waals surface area (Å²) in [7, 11) is 1.65. The Balaban J connectivity index is 1.44. The lowest BCUT2D eigenvalue weighted by atomic mass is 10.0. The van der Waals surface area contributed by atoms with E-state index < -0.39 is 11.6 Å². The number of aryl methyl sites for hydroxylation is 2. The third kappa shape index (κ3) is 4.51. The van der Waals surface area contributed by atoms with Gasteiger partial charge in [-0.15, -0.1) is 11.3 Å². The molecule has 0 bridgehead atoms. The first-order valence-corrected chi connectivity index (χ1v) is 10.8. The third-order valence-electron chi connectivity index (χ3n) is 5.33. The zero-order chi connectivity index (χ0) is 22.1. The number of hydrogen-bond donors (Lipinski definition) is 1. The minimum Gasteiger partial charge on any atom is -0.348 e. The largest absolute Gasteiger partial charge is 0.348 e. The van der Waals surface area contributed by atoms with E-state index in [0.29, 0.717) is 30.8 Å².